The van der Waals surface area contributed by atoms with Gasteiger partial charge < -0.3 is 18.9 Å². The standard InChI is InChI=1S/C21H15F2NO5/c1-2-27-20(26)16-15(11-6-5-7-12(10-11)28-21(22)23)18-17(24-19(16)25)13-8-3-4-9-14(13)29-18/h3-10,21H,2H2,1H3,(H,24,25). The van der Waals surface area contributed by atoms with Crippen LogP contribution in [-0.4, -0.2) is 24.2 Å². The minimum Gasteiger partial charge on any atom is -0.462 e. The second kappa shape index (κ2) is 7.38. The fourth-order valence-electron chi connectivity index (χ4n) is 3.25. The zero-order chi connectivity index (χ0) is 20.5. The molecule has 148 valence electrons. The fraction of sp³-hybridized carbons (Fsp3) is 0.143. The average Bonchev–Trinajstić information content (AvgIpc) is 3.05. The van der Waals surface area contributed by atoms with Crippen molar-refractivity contribution in [1.82, 2.24) is 4.98 Å². The van der Waals surface area contributed by atoms with E-state index < -0.39 is 18.1 Å². The van der Waals surface area contributed by atoms with E-state index in [1.165, 1.54) is 18.2 Å². The molecule has 6 nitrogen and oxygen atoms in total. The Morgan fingerprint density at radius 2 is 1.97 bits per heavy atom. The Balaban J connectivity index is 2.07. The zero-order valence-electron chi connectivity index (χ0n) is 15.2. The number of hydrogen-bond donors (Lipinski definition) is 1. The molecule has 2 aromatic carbocycles. The minimum atomic E-state index is -3.01. The van der Waals surface area contributed by atoms with Crippen LogP contribution in [0.5, 0.6) is 5.75 Å². The van der Waals surface area contributed by atoms with Gasteiger partial charge in [0.25, 0.3) is 5.56 Å². The molecule has 29 heavy (non-hydrogen) atoms. The summed E-state index contributed by atoms with van der Waals surface area (Å²) in [6, 6.07) is 12.8. The van der Waals surface area contributed by atoms with Crippen LogP contribution in [0.25, 0.3) is 33.2 Å². The van der Waals surface area contributed by atoms with E-state index in [4.69, 9.17) is 9.15 Å². The molecule has 0 saturated heterocycles. The van der Waals surface area contributed by atoms with Crippen LogP contribution >= 0.6 is 0 Å². The van der Waals surface area contributed by atoms with Gasteiger partial charge in [-0.25, -0.2) is 4.79 Å². The highest BCUT2D eigenvalue weighted by molar-refractivity contribution is 6.12. The molecule has 0 fully saturated rings. The number of pyridine rings is 1. The third kappa shape index (κ3) is 3.33. The number of carbonyl (C=O) groups is 1. The number of benzene rings is 2. The van der Waals surface area contributed by atoms with E-state index in [1.54, 1.807) is 37.3 Å². The third-order valence-electron chi connectivity index (χ3n) is 4.37. The first-order valence-corrected chi connectivity index (χ1v) is 8.79. The van der Waals surface area contributed by atoms with Gasteiger partial charge in [0, 0.05) is 10.9 Å². The summed E-state index contributed by atoms with van der Waals surface area (Å²) in [5.41, 5.74) is 0.655. The molecular weight excluding hydrogens is 384 g/mol. The topological polar surface area (TPSA) is 81.5 Å². The van der Waals surface area contributed by atoms with Gasteiger partial charge in [-0.2, -0.15) is 8.78 Å². The van der Waals surface area contributed by atoms with Crippen LogP contribution in [0.2, 0.25) is 0 Å². The maximum Gasteiger partial charge on any atom is 0.387 e. The largest absolute Gasteiger partial charge is 0.462 e. The van der Waals surface area contributed by atoms with E-state index in [0.717, 1.165) is 0 Å². The average molecular weight is 399 g/mol. The lowest BCUT2D eigenvalue weighted by molar-refractivity contribution is -0.0498. The molecule has 0 spiro atoms. The first-order valence-electron chi connectivity index (χ1n) is 8.79. The van der Waals surface area contributed by atoms with Crippen molar-refractivity contribution in [2.45, 2.75) is 13.5 Å². The van der Waals surface area contributed by atoms with E-state index in [1.807, 2.05) is 0 Å². The Morgan fingerprint density at radius 1 is 1.17 bits per heavy atom. The molecule has 2 heterocycles. The lowest BCUT2D eigenvalue weighted by atomic mass is 9.99. The van der Waals surface area contributed by atoms with Crippen molar-refractivity contribution in [3.8, 4) is 16.9 Å². The van der Waals surface area contributed by atoms with Crippen molar-refractivity contribution in [2.24, 2.45) is 0 Å². The second-order valence-corrected chi connectivity index (χ2v) is 6.13. The van der Waals surface area contributed by atoms with Crippen LogP contribution in [0.15, 0.2) is 57.7 Å². The van der Waals surface area contributed by atoms with Crippen LogP contribution in [0.1, 0.15) is 17.3 Å². The molecule has 0 radical (unpaired) electrons. The molecule has 0 bridgehead atoms. The number of aromatic amines is 1. The normalized spacial score (nSPS) is 11.3. The molecule has 0 unspecified atom stereocenters. The SMILES string of the molecule is CCOC(=O)c1c(-c2cccc(OC(F)F)c2)c2oc3ccccc3c2[nH]c1=O. The molecule has 0 aliphatic carbocycles. The molecule has 4 aromatic rings. The molecule has 0 atom stereocenters. The van der Waals surface area contributed by atoms with Crippen LogP contribution in [0.3, 0.4) is 0 Å². The fourth-order valence-corrected chi connectivity index (χ4v) is 3.25. The third-order valence-corrected chi connectivity index (χ3v) is 4.37. The number of fused-ring (bicyclic) bond motifs is 3. The van der Waals surface area contributed by atoms with Gasteiger partial charge >= 0.3 is 12.6 Å². The van der Waals surface area contributed by atoms with Crippen LogP contribution in [0.4, 0.5) is 8.78 Å². The second-order valence-electron chi connectivity index (χ2n) is 6.13. The van der Waals surface area contributed by atoms with Crippen molar-refractivity contribution >= 4 is 28.0 Å². The number of hydrogen-bond acceptors (Lipinski definition) is 5. The predicted molar refractivity (Wildman–Crippen MR) is 102 cm³/mol. The number of H-pyrrole nitrogens is 1. The highest BCUT2D eigenvalue weighted by Crippen LogP contribution is 2.36. The van der Waals surface area contributed by atoms with Crippen molar-refractivity contribution < 1.29 is 27.5 Å². The summed E-state index contributed by atoms with van der Waals surface area (Å²) in [5, 5.41) is 0.649. The number of halogens is 2. The van der Waals surface area contributed by atoms with E-state index in [-0.39, 0.29) is 29.1 Å². The van der Waals surface area contributed by atoms with Crippen LogP contribution in [0, 0.1) is 0 Å². The zero-order valence-corrected chi connectivity index (χ0v) is 15.2. The van der Waals surface area contributed by atoms with Gasteiger partial charge in [-0.3, -0.25) is 4.79 Å². The van der Waals surface area contributed by atoms with E-state index in [0.29, 0.717) is 22.0 Å². The summed E-state index contributed by atoms with van der Waals surface area (Å²) in [4.78, 5) is 28.0. The van der Waals surface area contributed by atoms with E-state index in [2.05, 4.69) is 9.72 Å². The Bertz CT molecular complexity index is 1280. The maximum absolute atomic E-state index is 12.8. The number of ether oxygens (including phenoxy) is 2. The summed E-state index contributed by atoms with van der Waals surface area (Å²) in [7, 11) is 0. The van der Waals surface area contributed by atoms with Gasteiger partial charge in [0.05, 0.1) is 12.1 Å². The number of rotatable bonds is 5. The molecule has 8 heteroatoms. The first-order chi connectivity index (χ1) is 14.0. The molecule has 0 saturated carbocycles. The molecule has 0 amide bonds. The number of aromatic nitrogens is 1. The summed E-state index contributed by atoms with van der Waals surface area (Å²) >= 11 is 0. The lowest BCUT2D eigenvalue weighted by Crippen LogP contribution is -2.21. The van der Waals surface area contributed by atoms with Crippen molar-refractivity contribution in [3.63, 3.8) is 0 Å². The van der Waals surface area contributed by atoms with Crippen LogP contribution < -0.4 is 10.3 Å². The molecule has 4 rings (SSSR count). The highest BCUT2D eigenvalue weighted by Gasteiger charge is 2.25. The van der Waals surface area contributed by atoms with Gasteiger partial charge in [-0.1, -0.05) is 24.3 Å². The molecule has 2 aromatic heterocycles. The molecule has 1 N–H and O–H groups in total. The quantitative estimate of drug-likeness (QED) is 0.491. The molecule has 0 aliphatic rings. The Labute approximate surface area is 162 Å². The highest BCUT2D eigenvalue weighted by atomic mass is 19.3. The number of furan rings is 1. The number of nitrogens with one attached hydrogen (secondary N) is 1. The van der Waals surface area contributed by atoms with Gasteiger partial charge in [0.2, 0.25) is 0 Å². The smallest absolute Gasteiger partial charge is 0.387 e. The maximum atomic E-state index is 12.8. The summed E-state index contributed by atoms with van der Waals surface area (Å²) in [6.45, 7) is -1.34. The Hall–Kier alpha value is -3.68. The van der Waals surface area contributed by atoms with Gasteiger partial charge in [0.15, 0.2) is 5.58 Å². The summed E-state index contributed by atoms with van der Waals surface area (Å²) in [6.07, 6.45) is 0. The molecular formula is C21H15F2NO5. The van der Waals surface area contributed by atoms with Gasteiger partial charge in [0.1, 0.15) is 16.9 Å². The van der Waals surface area contributed by atoms with Gasteiger partial charge in [-0.05, 0) is 36.8 Å². The Kier molecular flexibility index (Phi) is 4.75. The van der Waals surface area contributed by atoms with Crippen LogP contribution in [-0.2, 0) is 4.74 Å². The first kappa shape index (κ1) is 18.7. The number of para-hydroxylation sites is 1. The van der Waals surface area contributed by atoms with Gasteiger partial charge in [-0.15, -0.1) is 0 Å². The van der Waals surface area contributed by atoms with Crippen molar-refractivity contribution in [2.75, 3.05) is 6.61 Å². The van der Waals surface area contributed by atoms with E-state index in [9.17, 15) is 18.4 Å². The van der Waals surface area contributed by atoms with Crippen molar-refractivity contribution in [3.05, 3.63) is 64.4 Å². The minimum absolute atomic E-state index is 0.0599. The summed E-state index contributed by atoms with van der Waals surface area (Å²) < 4.78 is 40.7. The number of esters is 1. The number of alkyl halides is 2. The predicted octanol–water partition coefficient (Wildman–Crippen LogP) is 4.72. The monoisotopic (exact) mass is 399 g/mol. The Morgan fingerprint density at radius 3 is 2.72 bits per heavy atom. The van der Waals surface area contributed by atoms with Crippen molar-refractivity contribution in [1.29, 1.82) is 0 Å². The molecule has 0 aliphatic heterocycles. The summed E-state index contributed by atoms with van der Waals surface area (Å²) in [5.74, 6) is -0.955. The van der Waals surface area contributed by atoms with E-state index >= 15 is 0 Å². The lowest BCUT2D eigenvalue weighted by Gasteiger charge is -2.11. The number of carbonyl (C=O) groups excluding carboxylic acids is 1.